The minimum atomic E-state index is -4.09. The van der Waals surface area contributed by atoms with Gasteiger partial charge in [-0.2, -0.15) is 0 Å². The van der Waals surface area contributed by atoms with Gasteiger partial charge in [0.15, 0.2) is 0 Å². The number of fused-ring (bicyclic) bond motifs is 7. The van der Waals surface area contributed by atoms with Crippen molar-refractivity contribution in [3.05, 3.63) is 54.6 Å². The molecule has 1 aromatic carbocycles. The topological polar surface area (TPSA) is 212 Å². The van der Waals surface area contributed by atoms with E-state index in [1.807, 2.05) is 70.7 Å². The van der Waals surface area contributed by atoms with Gasteiger partial charge in [-0.25, -0.2) is 23.0 Å². The van der Waals surface area contributed by atoms with Gasteiger partial charge in [0.1, 0.15) is 47.3 Å². The van der Waals surface area contributed by atoms with Gasteiger partial charge in [-0.3, -0.25) is 19.1 Å². The fourth-order valence-corrected chi connectivity index (χ4v) is 12.3. The van der Waals surface area contributed by atoms with E-state index in [1.165, 1.54) is 17.1 Å². The lowest BCUT2D eigenvalue weighted by Crippen LogP contribution is -2.68. The molecule has 3 aliphatic carbocycles. The minimum absolute atomic E-state index is 0.0319. The molecule has 380 valence electrons. The number of para-hydroxylation sites is 1. The van der Waals surface area contributed by atoms with E-state index in [-0.39, 0.29) is 49.3 Å². The number of alkyl carbamates (subject to hydrolysis) is 1. The lowest BCUT2D eigenvalue weighted by molar-refractivity contribution is -0.143. The number of sulfonamides is 1. The molecule has 2 saturated carbocycles. The number of piperidine rings is 1. The Morgan fingerprint density at radius 1 is 0.957 bits per heavy atom. The van der Waals surface area contributed by atoms with E-state index in [2.05, 4.69) is 21.9 Å². The molecule has 4 aliphatic heterocycles. The molecule has 17 nitrogen and oxygen atoms in total. The molecule has 0 radical (unpaired) electrons. The van der Waals surface area contributed by atoms with E-state index < -0.39 is 79.2 Å². The minimum Gasteiger partial charge on any atom is -0.489 e. The number of pyridine rings is 1. The van der Waals surface area contributed by atoms with Gasteiger partial charge in [0, 0.05) is 42.7 Å². The number of carbonyl (C=O) groups is 5. The maximum atomic E-state index is 15.1. The van der Waals surface area contributed by atoms with Crippen molar-refractivity contribution in [2.75, 3.05) is 6.54 Å². The van der Waals surface area contributed by atoms with E-state index in [1.54, 1.807) is 13.0 Å². The Kier molecular flexibility index (Phi) is 13.0. The Morgan fingerprint density at radius 2 is 1.67 bits per heavy atom. The molecule has 5 heterocycles. The number of aromatic nitrogens is 1. The summed E-state index contributed by atoms with van der Waals surface area (Å²) in [6.07, 6.45) is 10.7. The molecule has 5 fully saturated rings. The molecule has 9 rings (SSSR count). The average molecular weight is 987 g/mol. The van der Waals surface area contributed by atoms with E-state index in [9.17, 15) is 27.6 Å². The smallest absolute Gasteiger partial charge is 0.410 e. The summed E-state index contributed by atoms with van der Waals surface area (Å²) in [7, 11) is -4.09. The SMILES string of the molecule is C=CC1C=CC1(NC(=O)C1CC2CN1C(=O)C(C(C)(C)C)NC(=O)OC1CC1CCCCCc1c(nc3ccccc3c1OC1CC3CCC(C1)N3C(=O)OC(C)(C)C)O2)C(=O)NS(=O)(=O)C1(C)CC1. The highest BCUT2D eigenvalue weighted by molar-refractivity contribution is 7.91. The van der Waals surface area contributed by atoms with Gasteiger partial charge < -0.3 is 39.4 Å². The van der Waals surface area contributed by atoms with Gasteiger partial charge in [-0.15, -0.1) is 6.58 Å². The summed E-state index contributed by atoms with van der Waals surface area (Å²) in [4.78, 5) is 79.3. The van der Waals surface area contributed by atoms with Crippen molar-refractivity contribution >= 4 is 50.8 Å². The van der Waals surface area contributed by atoms with Gasteiger partial charge in [0.05, 0.1) is 22.4 Å². The van der Waals surface area contributed by atoms with Crippen LogP contribution in [0.15, 0.2) is 49.1 Å². The maximum absolute atomic E-state index is 15.1. The molecule has 0 spiro atoms. The Labute approximate surface area is 411 Å². The zero-order chi connectivity index (χ0) is 50.1. The monoisotopic (exact) mass is 986 g/mol. The number of hydrogen-bond donors (Lipinski definition) is 3. The molecule has 9 unspecified atom stereocenters. The highest BCUT2D eigenvalue weighted by Gasteiger charge is 2.57. The van der Waals surface area contributed by atoms with Gasteiger partial charge in [-0.1, -0.05) is 64.0 Å². The van der Waals surface area contributed by atoms with Crippen LogP contribution in [0.4, 0.5) is 9.59 Å². The summed E-state index contributed by atoms with van der Waals surface area (Å²) >= 11 is 0. The van der Waals surface area contributed by atoms with Crippen LogP contribution in [0.1, 0.15) is 131 Å². The second-order valence-electron chi connectivity index (χ2n) is 23.1. The molecule has 2 aromatic rings. The van der Waals surface area contributed by atoms with Crippen LogP contribution in [0.25, 0.3) is 10.9 Å². The maximum Gasteiger partial charge on any atom is 0.410 e. The molecule has 5 amide bonds. The first-order chi connectivity index (χ1) is 33.0. The van der Waals surface area contributed by atoms with Crippen LogP contribution in [-0.4, -0.2) is 118 Å². The summed E-state index contributed by atoms with van der Waals surface area (Å²) in [5.74, 6) is -1.78. The standard InChI is InChI=1S/C52H70N6O11S/c1-9-31-21-22-52(31,46(61)56-70(64,65)51(8)23-24-51)55-43(59)39-28-35-29-57(39)45(60)42(49(2,3)4)54-47(62)68-40-25-30(40)15-11-10-12-17-37-41(36-16-13-14-18-38(36)53-44(37)67-35)66-34-26-32-19-20-33(27-34)58(32)48(63)69-50(5,6)7/h9,13-14,16,18,21-22,30-35,39-40,42H,1,10-12,15,17,19-20,23-29H2,2-8H3,(H,54,62)(H,55,59)(H,56,61). The summed E-state index contributed by atoms with van der Waals surface area (Å²) in [5.41, 5.74) is -1.87. The van der Waals surface area contributed by atoms with Gasteiger partial charge in [-0.05, 0) is 103 Å². The highest BCUT2D eigenvalue weighted by Crippen LogP contribution is 2.45. The third-order valence-corrected chi connectivity index (χ3v) is 17.6. The zero-order valence-corrected chi connectivity index (χ0v) is 42.4. The van der Waals surface area contributed by atoms with Gasteiger partial charge >= 0.3 is 12.2 Å². The van der Waals surface area contributed by atoms with Crippen molar-refractivity contribution in [3.8, 4) is 11.6 Å². The first-order valence-corrected chi connectivity index (χ1v) is 26.7. The normalized spacial score (nSPS) is 31.8. The lowest BCUT2D eigenvalue weighted by Gasteiger charge is -2.42. The van der Waals surface area contributed by atoms with Crippen LogP contribution in [-0.2, 0) is 40.3 Å². The molecule has 4 bridgehead atoms. The number of amides is 5. The molecule has 70 heavy (non-hydrogen) atoms. The average Bonchev–Trinajstić information content (AvgIpc) is 4.14. The van der Waals surface area contributed by atoms with Crippen LogP contribution >= 0.6 is 0 Å². The van der Waals surface area contributed by atoms with Crippen LogP contribution in [0.2, 0.25) is 0 Å². The van der Waals surface area contributed by atoms with Crippen molar-refractivity contribution in [1.29, 1.82) is 0 Å². The van der Waals surface area contributed by atoms with Crippen LogP contribution < -0.4 is 24.8 Å². The predicted molar refractivity (Wildman–Crippen MR) is 260 cm³/mol. The fourth-order valence-electron chi connectivity index (χ4n) is 11.0. The number of benzene rings is 1. The summed E-state index contributed by atoms with van der Waals surface area (Å²) in [5, 5.41) is 6.51. The number of rotatable bonds is 8. The Morgan fingerprint density at radius 3 is 2.31 bits per heavy atom. The number of nitrogens with zero attached hydrogens (tertiary/aromatic N) is 3. The Hall–Kier alpha value is -5.39. The number of ether oxygens (including phenoxy) is 4. The zero-order valence-electron chi connectivity index (χ0n) is 41.6. The van der Waals surface area contributed by atoms with Gasteiger partial charge in [0.2, 0.25) is 27.7 Å². The number of hydrogen-bond acceptors (Lipinski definition) is 12. The van der Waals surface area contributed by atoms with E-state index in [0.29, 0.717) is 49.3 Å². The lowest BCUT2D eigenvalue weighted by atomic mass is 9.73. The largest absolute Gasteiger partial charge is 0.489 e. The van der Waals surface area contributed by atoms with Crippen molar-refractivity contribution in [2.24, 2.45) is 17.3 Å². The van der Waals surface area contributed by atoms with Crippen LogP contribution in [0.5, 0.6) is 11.6 Å². The quantitative estimate of drug-likeness (QED) is 0.234. The predicted octanol–water partition coefficient (Wildman–Crippen LogP) is 6.76. The molecule has 18 heteroatoms. The van der Waals surface area contributed by atoms with Crippen LogP contribution in [0.3, 0.4) is 0 Å². The molecular weight excluding hydrogens is 917 g/mol. The van der Waals surface area contributed by atoms with E-state index in [0.717, 1.165) is 55.9 Å². The third kappa shape index (κ3) is 9.81. The molecule has 3 N–H and O–H groups in total. The first kappa shape index (κ1) is 49.6. The number of nitrogens with one attached hydrogen (secondary N) is 3. The summed E-state index contributed by atoms with van der Waals surface area (Å²) in [6, 6.07) is 5.29. The highest BCUT2D eigenvalue weighted by atomic mass is 32.2. The van der Waals surface area contributed by atoms with E-state index >= 15 is 4.79 Å². The second-order valence-corrected chi connectivity index (χ2v) is 25.2. The Balaban J connectivity index is 1.06. The van der Waals surface area contributed by atoms with Crippen molar-refractivity contribution < 1.29 is 51.3 Å². The van der Waals surface area contributed by atoms with Gasteiger partial charge in [0.25, 0.3) is 5.91 Å². The molecule has 1 aromatic heterocycles. The molecule has 3 saturated heterocycles. The second kappa shape index (κ2) is 18.3. The van der Waals surface area contributed by atoms with Crippen molar-refractivity contribution in [1.82, 2.24) is 30.1 Å². The summed E-state index contributed by atoms with van der Waals surface area (Å²) < 4.78 is 53.6. The fraction of sp³-hybridized carbons (Fsp3) is 0.654. The molecule has 9 atom stereocenters. The third-order valence-electron chi connectivity index (χ3n) is 15.5. The van der Waals surface area contributed by atoms with Crippen LogP contribution in [0, 0.1) is 17.3 Å². The summed E-state index contributed by atoms with van der Waals surface area (Å²) in [6.45, 7) is 16.4. The molecular formula is C52H70N6O11S. The number of carbonyl (C=O) groups excluding carboxylic acids is 5. The first-order valence-electron chi connectivity index (χ1n) is 25.2. The van der Waals surface area contributed by atoms with Crippen molar-refractivity contribution in [2.45, 2.75) is 190 Å². The van der Waals surface area contributed by atoms with Crippen molar-refractivity contribution in [3.63, 3.8) is 0 Å². The molecule has 7 aliphatic rings. The van der Waals surface area contributed by atoms with E-state index in [4.69, 9.17) is 23.9 Å². The Bertz CT molecular complexity index is 2570.